The first kappa shape index (κ1) is 22.2. The lowest BCUT2D eigenvalue weighted by Gasteiger charge is -2.09. The molecule has 4 rings (SSSR count). The minimum atomic E-state index is -0.315. The molecule has 3 N–H and O–H groups in total. The molecule has 0 aliphatic rings. The Bertz CT molecular complexity index is 1270. The standard InChI is InChI=1S/C26H24FN3O3/c1-33-16-25(32)29-20-10-8-19(9-11-20)28-24(31)14-12-21-22-15-18(27)7-13-23(22)30-26(21)17-5-3-2-4-6-17/h2-11,13,15,30H,12,14,16H2,1H3,(H,28,31)(H,29,32). The number of anilines is 2. The lowest BCUT2D eigenvalue weighted by molar-refractivity contribution is -0.119. The summed E-state index contributed by atoms with van der Waals surface area (Å²) in [5, 5.41) is 6.34. The number of aryl methyl sites for hydroxylation is 1. The van der Waals surface area contributed by atoms with Gasteiger partial charge in [0.25, 0.3) is 0 Å². The van der Waals surface area contributed by atoms with E-state index in [0.717, 1.165) is 27.7 Å². The smallest absolute Gasteiger partial charge is 0.250 e. The van der Waals surface area contributed by atoms with Gasteiger partial charge >= 0.3 is 0 Å². The summed E-state index contributed by atoms with van der Waals surface area (Å²) in [6.45, 7) is -0.0266. The highest BCUT2D eigenvalue weighted by Gasteiger charge is 2.15. The Kier molecular flexibility index (Phi) is 6.80. The van der Waals surface area contributed by atoms with Crippen LogP contribution in [0.1, 0.15) is 12.0 Å². The molecule has 2 amide bonds. The zero-order chi connectivity index (χ0) is 23.2. The van der Waals surface area contributed by atoms with Crippen LogP contribution in [0, 0.1) is 5.82 Å². The third-order valence-electron chi connectivity index (χ3n) is 5.26. The number of carbonyl (C=O) groups excluding carboxylic acids is 2. The van der Waals surface area contributed by atoms with E-state index in [2.05, 4.69) is 15.6 Å². The first-order valence-electron chi connectivity index (χ1n) is 10.6. The number of rotatable bonds is 8. The summed E-state index contributed by atoms with van der Waals surface area (Å²) < 4.78 is 18.7. The molecule has 6 nitrogen and oxygen atoms in total. The van der Waals surface area contributed by atoms with Crippen LogP contribution in [0.15, 0.2) is 72.8 Å². The number of benzene rings is 3. The lowest BCUT2D eigenvalue weighted by Crippen LogP contribution is -2.17. The van der Waals surface area contributed by atoms with Gasteiger partial charge in [-0.15, -0.1) is 0 Å². The number of aromatic nitrogens is 1. The molecule has 0 unspecified atom stereocenters. The average molecular weight is 445 g/mol. The van der Waals surface area contributed by atoms with Crippen LogP contribution >= 0.6 is 0 Å². The number of halogens is 1. The third kappa shape index (κ3) is 5.45. The number of hydrogen-bond donors (Lipinski definition) is 3. The van der Waals surface area contributed by atoms with Gasteiger partial charge in [-0.1, -0.05) is 30.3 Å². The summed E-state index contributed by atoms with van der Waals surface area (Å²) in [5.74, 6) is -0.723. The van der Waals surface area contributed by atoms with Crippen LogP contribution in [0.3, 0.4) is 0 Å². The molecule has 0 atom stereocenters. The molecule has 1 heterocycles. The Morgan fingerprint density at radius 1 is 0.909 bits per heavy atom. The molecule has 4 aromatic rings. The van der Waals surface area contributed by atoms with E-state index in [0.29, 0.717) is 17.8 Å². The van der Waals surface area contributed by atoms with E-state index in [1.807, 2.05) is 30.3 Å². The van der Waals surface area contributed by atoms with Crippen LogP contribution in [0.4, 0.5) is 15.8 Å². The van der Waals surface area contributed by atoms with Crippen molar-refractivity contribution in [3.05, 3.63) is 84.2 Å². The van der Waals surface area contributed by atoms with Gasteiger partial charge in [0, 0.05) is 41.5 Å². The molecular formula is C26H24FN3O3. The Morgan fingerprint density at radius 3 is 2.24 bits per heavy atom. The number of fused-ring (bicyclic) bond motifs is 1. The zero-order valence-corrected chi connectivity index (χ0v) is 18.2. The van der Waals surface area contributed by atoms with Gasteiger partial charge in [-0.2, -0.15) is 0 Å². The second-order valence-electron chi connectivity index (χ2n) is 7.64. The number of aromatic amines is 1. The maximum atomic E-state index is 13.9. The van der Waals surface area contributed by atoms with E-state index in [9.17, 15) is 14.0 Å². The van der Waals surface area contributed by atoms with Gasteiger partial charge in [-0.3, -0.25) is 9.59 Å². The van der Waals surface area contributed by atoms with Crippen molar-refractivity contribution in [3.63, 3.8) is 0 Å². The number of amides is 2. The number of hydrogen-bond acceptors (Lipinski definition) is 3. The fourth-order valence-electron chi connectivity index (χ4n) is 3.76. The molecule has 0 fully saturated rings. The molecule has 33 heavy (non-hydrogen) atoms. The van der Waals surface area contributed by atoms with Crippen LogP contribution in [-0.4, -0.2) is 30.5 Å². The van der Waals surface area contributed by atoms with Gasteiger partial charge in [0.15, 0.2) is 0 Å². The monoisotopic (exact) mass is 445 g/mol. The van der Waals surface area contributed by atoms with Crippen molar-refractivity contribution in [2.75, 3.05) is 24.4 Å². The minimum Gasteiger partial charge on any atom is -0.375 e. The van der Waals surface area contributed by atoms with E-state index in [4.69, 9.17) is 4.74 Å². The highest BCUT2D eigenvalue weighted by atomic mass is 19.1. The highest BCUT2D eigenvalue weighted by molar-refractivity contribution is 5.95. The minimum absolute atomic E-state index is 0.0266. The largest absolute Gasteiger partial charge is 0.375 e. The maximum absolute atomic E-state index is 13.9. The molecule has 7 heteroatoms. The number of methoxy groups -OCH3 is 1. The summed E-state index contributed by atoms with van der Waals surface area (Å²) in [6.07, 6.45) is 0.681. The molecule has 168 valence electrons. The number of ether oxygens (including phenoxy) is 1. The molecule has 0 aliphatic heterocycles. The summed E-state index contributed by atoms with van der Waals surface area (Å²) in [5.41, 5.74) is 4.84. The van der Waals surface area contributed by atoms with Crippen LogP contribution in [-0.2, 0) is 20.7 Å². The molecule has 1 aromatic heterocycles. The molecule has 0 spiro atoms. The van der Waals surface area contributed by atoms with Crippen LogP contribution in [0.2, 0.25) is 0 Å². The summed E-state index contributed by atoms with van der Waals surface area (Å²) in [4.78, 5) is 27.6. The molecule has 0 aliphatic carbocycles. The molecule has 0 radical (unpaired) electrons. The molecule has 0 saturated carbocycles. The highest BCUT2D eigenvalue weighted by Crippen LogP contribution is 2.32. The summed E-state index contributed by atoms with van der Waals surface area (Å²) >= 11 is 0. The Hall–Kier alpha value is -3.97. The Labute approximate surface area is 190 Å². The lowest BCUT2D eigenvalue weighted by atomic mass is 10.0. The normalized spacial score (nSPS) is 10.8. The SMILES string of the molecule is COCC(=O)Nc1ccc(NC(=O)CCc2c(-c3ccccc3)[nH]c3ccc(F)cc23)cc1. The number of H-pyrrole nitrogens is 1. The third-order valence-corrected chi connectivity index (χ3v) is 5.26. The fourth-order valence-corrected chi connectivity index (χ4v) is 3.76. The zero-order valence-electron chi connectivity index (χ0n) is 18.2. The van der Waals surface area contributed by atoms with Crippen molar-refractivity contribution in [3.8, 4) is 11.3 Å². The van der Waals surface area contributed by atoms with Crippen molar-refractivity contribution in [1.82, 2.24) is 4.98 Å². The van der Waals surface area contributed by atoms with Gasteiger partial charge in [0.05, 0.1) is 0 Å². The van der Waals surface area contributed by atoms with Crippen LogP contribution < -0.4 is 10.6 Å². The van der Waals surface area contributed by atoms with E-state index in [-0.39, 0.29) is 30.7 Å². The van der Waals surface area contributed by atoms with E-state index in [1.165, 1.54) is 19.2 Å². The van der Waals surface area contributed by atoms with Gasteiger partial charge in [0.2, 0.25) is 11.8 Å². The second kappa shape index (κ2) is 10.1. The number of carbonyl (C=O) groups is 2. The fraction of sp³-hybridized carbons (Fsp3) is 0.154. The molecule has 3 aromatic carbocycles. The van der Waals surface area contributed by atoms with Crippen molar-refractivity contribution in [2.45, 2.75) is 12.8 Å². The average Bonchev–Trinajstić information content (AvgIpc) is 3.17. The predicted molar refractivity (Wildman–Crippen MR) is 128 cm³/mol. The summed E-state index contributed by atoms with van der Waals surface area (Å²) in [6, 6.07) is 21.3. The molecule has 0 saturated heterocycles. The van der Waals surface area contributed by atoms with Crippen molar-refractivity contribution in [1.29, 1.82) is 0 Å². The maximum Gasteiger partial charge on any atom is 0.250 e. The van der Waals surface area contributed by atoms with Gasteiger partial charge in [-0.25, -0.2) is 4.39 Å². The van der Waals surface area contributed by atoms with E-state index in [1.54, 1.807) is 30.3 Å². The van der Waals surface area contributed by atoms with Crippen molar-refractivity contribution in [2.24, 2.45) is 0 Å². The van der Waals surface area contributed by atoms with Crippen molar-refractivity contribution >= 4 is 34.1 Å². The molecule has 0 bridgehead atoms. The van der Waals surface area contributed by atoms with Gasteiger partial charge in [0.1, 0.15) is 12.4 Å². The summed E-state index contributed by atoms with van der Waals surface area (Å²) in [7, 11) is 1.45. The number of nitrogens with one attached hydrogen (secondary N) is 3. The van der Waals surface area contributed by atoms with E-state index >= 15 is 0 Å². The topological polar surface area (TPSA) is 83.2 Å². The van der Waals surface area contributed by atoms with Gasteiger partial charge in [-0.05, 0) is 60.0 Å². The Balaban J connectivity index is 1.46. The van der Waals surface area contributed by atoms with Gasteiger partial charge < -0.3 is 20.4 Å². The van der Waals surface area contributed by atoms with Crippen LogP contribution in [0.25, 0.3) is 22.2 Å². The van der Waals surface area contributed by atoms with Crippen molar-refractivity contribution < 1.29 is 18.7 Å². The first-order valence-corrected chi connectivity index (χ1v) is 10.6. The Morgan fingerprint density at radius 2 is 1.58 bits per heavy atom. The predicted octanol–water partition coefficient (Wildman–Crippen LogP) is 5.13. The van der Waals surface area contributed by atoms with Crippen LogP contribution in [0.5, 0.6) is 0 Å². The second-order valence-corrected chi connectivity index (χ2v) is 7.64. The first-order chi connectivity index (χ1) is 16.0. The quantitative estimate of drug-likeness (QED) is 0.352. The van der Waals surface area contributed by atoms with E-state index < -0.39 is 0 Å². The molecular weight excluding hydrogens is 421 g/mol.